The Hall–Kier alpha value is -3.03. The van der Waals surface area contributed by atoms with Crippen molar-refractivity contribution in [3.63, 3.8) is 0 Å². The fourth-order valence-electron chi connectivity index (χ4n) is 2.16. The zero-order valence-corrected chi connectivity index (χ0v) is 13.5. The predicted octanol–water partition coefficient (Wildman–Crippen LogP) is 1.02. The summed E-state index contributed by atoms with van der Waals surface area (Å²) in [5.74, 6) is -1.13. The van der Waals surface area contributed by atoms with Gasteiger partial charge < -0.3 is 25.4 Å². The first-order chi connectivity index (χ1) is 11.6. The quantitative estimate of drug-likeness (QED) is 0.671. The molecule has 1 aromatic carbocycles. The third kappa shape index (κ3) is 4.03. The van der Waals surface area contributed by atoms with Crippen molar-refractivity contribution < 1.29 is 23.9 Å². The summed E-state index contributed by atoms with van der Waals surface area (Å²) in [4.78, 5) is 35.6. The van der Waals surface area contributed by atoms with Crippen LogP contribution in [-0.4, -0.2) is 44.8 Å². The number of carbonyl (C=O) groups is 3. The normalized spacial score (nSPS) is 13.7. The van der Waals surface area contributed by atoms with E-state index in [2.05, 4.69) is 16.0 Å². The van der Waals surface area contributed by atoms with E-state index in [0.29, 0.717) is 11.3 Å². The Morgan fingerprint density at radius 2 is 1.96 bits per heavy atom. The SMILES string of the molecule is CCOC(=O)C1=C(COC(=O)c2ccccc2NC)NC(=O)NC1. The summed E-state index contributed by atoms with van der Waals surface area (Å²) in [6.07, 6.45) is 0. The molecule has 8 heteroatoms. The third-order valence-corrected chi connectivity index (χ3v) is 3.34. The van der Waals surface area contributed by atoms with Gasteiger partial charge in [-0.3, -0.25) is 0 Å². The molecular weight excluding hydrogens is 314 g/mol. The molecule has 0 aliphatic carbocycles. The van der Waals surface area contributed by atoms with Gasteiger partial charge in [-0.05, 0) is 19.1 Å². The number of benzene rings is 1. The number of hydrogen-bond acceptors (Lipinski definition) is 6. The fraction of sp³-hybridized carbons (Fsp3) is 0.312. The van der Waals surface area contributed by atoms with Gasteiger partial charge in [0.2, 0.25) is 0 Å². The maximum absolute atomic E-state index is 12.2. The van der Waals surface area contributed by atoms with Crippen molar-refractivity contribution in [2.24, 2.45) is 0 Å². The molecule has 0 saturated heterocycles. The van der Waals surface area contributed by atoms with Crippen molar-refractivity contribution in [1.82, 2.24) is 10.6 Å². The van der Waals surface area contributed by atoms with Gasteiger partial charge in [0.05, 0.1) is 30.0 Å². The lowest BCUT2D eigenvalue weighted by Crippen LogP contribution is -2.45. The first-order valence-corrected chi connectivity index (χ1v) is 7.44. The van der Waals surface area contributed by atoms with Crippen LogP contribution in [-0.2, 0) is 14.3 Å². The molecule has 3 N–H and O–H groups in total. The minimum atomic E-state index is -0.566. The van der Waals surface area contributed by atoms with E-state index in [1.165, 1.54) is 0 Å². The summed E-state index contributed by atoms with van der Waals surface area (Å²) in [5.41, 5.74) is 1.42. The van der Waals surface area contributed by atoms with E-state index < -0.39 is 18.0 Å². The van der Waals surface area contributed by atoms with E-state index in [0.717, 1.165) is 0 Å². The number of para-hydroxylation sites is 1. The highest BCUT2D eigenvalue weighted by Crippen LogP contribution is 2.16. The molecular formula is C16H19N3O5. The Labute approximate surface area is 139 Å². The number of urea groups is 1. The molecule has 2 rings (SSSR count). The second-order valence-electron chi connectivity index (χ2n) is 4.86. The Bertz CT molecular complexity index is 684. The molecule has 0 atom stereocenters. The molecule has 0 bridgehead atoms. The Morgan fingerprint density at radius 3 is 2.67 bits per heavy atom. The van der Waals surface area contributed by atoms with Gasteiger partial charge in [0.15, 0.2) is 0 Å². The molecule has 1 aromatic rings. The summed E-state index contributed by atoms with van der Waals surface area (Å²) >= 11 is 0. The summed E-state index contributed by atoms with van der Waals surface area (Å²) in [7, 11) is 1.69. The minimum Gasteiger partial charge on any atom is -0.463 e. The molecule has 0 saturated carbocycles. The first-order valence-electron chi connectivity index (χ1n) is 7.44. The van der Waals surface area contributed by atoms with Gasteiger partial charge in [0, 0.05) is 12.7 Å². The molecule has 0 aromatic heterocycles. The van der Waals surface area contributed by atoms with E-state index in [1.54, 1.807) is 38.2 Å². The highest BCUT2D eigenvalue weighted by Gasteiger charge is 2.24. The average molecular weight is 333 g/mol. The van der Waals surface area contributed by atoms with Gasteiger partial charge in [0.25, 0.3) is 0 Å². The number of amides is 2. The second kappa shape index (κ2) is 8.00. The molecule has 1 aliphatic heterocycles. The van der Waals surface area contributed by atoms with Crippen LogP contribution in [0.4, 0.5) is 10.5 Å². The van der Waals surface area contributed by atoms with E-state index in [-0.39, 0.29) is 31.0 Å². The van der Waals surface area contributed by atoms with Crippen LogP contribution in [0.1, 0.15) is 17.3 Å². The minimum absolute atomic E-state index is 0.0185. The number of hydrogen-bond donors (Lipinski definition) is 3. The van der Waals surface area contributed by atoms with Crippen molar-refractivity contribution in [2.45, 2.75) is 6.92 Å². The van der Waals surface area contributed by atoms with Crippen LogP contribution < -0.4 is 16.0 Å². The van der Waals surface area contributed by atoms with Gasteiger partial charge in [-0.2, -0.15) is 0 Å². The molecule has 1 aliphatic rings. The van der Waals surface area contributed by atoms with E-state index in [9.17, 15) is 14.4 Å². The van der Waals surface area contributed by atoms with Crippen LogP contribution in [0.5, 0.6) is 0 Å². The Balaban J connectivity index is 2.13. The van der Waals surface area contributed by atoms with E-state index in [4.69, 9.17) is 9.47 Å². The van der Waals surface area contributed by atoms with Crippen molar-refractivity contribution in [3.8, 4) is 0 Å². The lowest BCUT2D eigenvalue weighted by atomic mass is 10.1. The van der Waals surface area contributed by atoms with Crippen molar-refractivity contribution in [3.05, 3.63) is 41.1 Å². The Morgan fingerprint density at radius 1 is 1.21 bits per heavy atom. The number of rotatable bonds is 6. The van der Waals surface area contributed by atoms with Gasteiger partial charge in [-0.15, -0.1) is 0 Å². The van der Waals surface area contributed by atoms with E-state index in [1.807, 2.05) is 0 Å². The zero-order chi connectivity index (χ0) is 17.5. The summed E-state index contributed by atoms with van der Waals surface area (Å²) in [5, 5.41) is 7.86. The predicted molar refractivity (Wildman–Crippen MR) is 86.5 cm³/mol. The zero-order valence-electron chi connectivity index (χ0n) is 13.5. The van der Waals surface area contributed by atoms with Crippen LogP contribution in [0.3, 0.4) is 0 Å². The number of ether oxygens (including phenoxy) is 2. The summed E-state index contributed by atoms with van der Waals surface area (Å²) in [6, 6.07) is 6.40. The molecule has 2 amide bonds. The molecule has 0 unspecified atom stereocenters. The topological polar surface area (TPSA) is 106 Å². The second-order valence-corrected chi connectivity index (χ2v) is 4.86. The first kappa shape index (κ1) is 17.3. The standard InChI is InChI=1S/C16H19N3O5/c1-3-23-15(21)11-8-18-16(22)19-13(11)9-24-14(20)10-6-4-5-7-12(10)17-2/h4-7,17H,3,8-9H2,1-2H3,(H2,18,19,22). The highest BCUT2D eigenvalue weighted by atomic mass is 16.5. The highest BCUT2D eigenvalue weighted by molar-refractivity contribution is 5.96. The maximum Gasteiger partial charge on any atom is 0.340 e. The van der Waals surface area contributed by atoms with Crippen LogP contribution in [0.25, 0.3) is 0 Å². The molecule has 0 fully saturated rings. The molecule has 8 nitrogen and oxygen atoms in total. The number of nitrogens with one attached hydrogen (secondary N) is 3. The lowest BCUT2D eigenvalue weighted by Gasteiger charge is -2.21. The van der Waals surface area contributed by atoms with Gasteiger partial charge in [0.1, 0.15) is 6.61 Å². The number of esters is 2. The fourth-order valence-corrected chi connectivity index (χ4v) is 2.16. The van der Waals surface area contributed by atoms with Crippen molar-refractivity contribution >= 4 is 23.7 Å². The maximum atomic E-state index is 12.2. The lowest BCUT2D eigenvalue weighted by molar-refractivity contribution is -0.138. The van der Waals surface area contributed by atoms with Crippen LogP contribution in [0, 0.1) is 0 Å². The van der Waals surface area contributed by atoms with Crippen molar-refractivity contribution in [1.29, 1.82) is 0 Å². The summed E-state index contributed by atoms with van der Waals surface area (Å²) < 4.78 is 10.2. The number of anilines is 1. The van der Waals surface area contributed by atoms with E-state index >= 15 is 0 Å². The number of carbonyl (C=O) groups excluding carboxylic acids is 3. The molecule has 0 spiro atoms. The molecule has 0 radical (unpaired) electrons. The van der Waals surface area contributed by atoms with Gasteiger partial charge in [-0.25, -0.2) is 14.4 Å². The largest absolute Gasteiger partial charge is 0.463 e. The molecule has 1 heterocycles. The Kier molecular flexibility index (Phi) is 5.78. The van der Waals surface area contributed by atoms with Crippen molar-refractivity contribution in [2.75, 3.05) is 32.1 Å². The summed E-state index contributed by atoms with van der Waals surface area (Å²) in [6.45, 7) is 1.67. The van der Waals surface area contributed by atoms with Crippen LogP contribution in [0.2, 0.25) is 0 Å². The third-order valence-electron chi connectivity index (χ3n) is 3.34. The molecule has 24 heavy (non-hydrogen) atoms. The van der Waals surface area contributed by atoms with Gasteiger partial charge >= 0.3 is 18.0 Å². The van der Waals surface area contributed by atoms with Crippen LogP contribution >= 0.6 is 0 Å². The monoisotopic (exact) mass is 333 g/mol. The average Bonchev–Trinajstić information content (AvgIpc) is 2.59. The van der Waals surface area contributed by atoms with Gasteiger partial charge in [-0.1, -0.05) is 12.1 Å². The van der Waals surface area contributed by atoms with Crippen LogP contribution in [0.15, 0.2) is 35.5 Å². The smallest absolute Gasteiger partial charge is 0.340 e. The molecule has 128 valence electrons.